The molecule has 4 N–H and O–H groups in total. The highest BCUT2D eigenvalue weighted by atomic mass is 32.2. The maximum absolute atomic E-state index is 11.9. The van der Waals surface area contributed by atoms with E-state index in [0.717, 1.165) is 6.42 Å². The number of rotatable bonds is 6. The molecule has 1 rings (SSSR count). The van der Waals surface area contributed by atoms with Crippen LogP contribution in [0.2, 0.25) is 0 Å². The van der Waals surface area contributed by atoms with Gasteiger partial charge < -0.3 is 5.32 Å². The minimum Gasteiger partial charge on any atom is -0.351 e. The number of aromatic nitrogens is 2. The summed E-state index contributed by atoms with van der Waals surface area (Å²) in [5, 5.41) is 14.1. The van der Waals surface area contributed by atoms with Crippen molar-refractivity contribution in [1.29, 1.82) is 0 Å². The molecule has 8 heteroatoms. The molecule has 108 valence electrons. The highest BCUT2D eigenvalue weighted by Crippen LogP contribution is 2.17. The Labute approximate surface area is 113 Å². The summed E-state index contributed by atoms with van der Waals surface area (Å²) in [7, 11) is -3.97. The molecule has 0 fully saturated rings. The van der Waals surface area contributed by atoms with Gasteiger partial charge in [0.25, 0.3) is 5.91 Å². The van der Waals surface area contributed by atoms with Gasteiger partial charge in [0.1, 0.15) is 4.90 Å². The lowest BCUT2D eigenvalue weighted by molar-refractivity contribution is 0.0943. The zero-order valence-electron chi connectivity index (χ0n) is 11.4. The van der Waals surface area contributed by atoms with Crippen LogP contribution in [0.25, 0.3) is 0 Å². The summed E-state index contributed by atoms with van der Waals surface area (Å²) in [6.07, 6.45) is 1.21. The number of primary sulfonamides is 1. The number of carbonyl (C=O) groups is 1. The first-order valence-electron chi connectivity index (χ1n) is 6.15. The van der Waals surface area contributed by atoms with Crippen molar-refractivity contribution in [3.05, 3.63) is 11.4 Å². The molecule has 7 nitrogen and oxygen atoms in total. The summed E-state index contributed by atoms with van der Waals surface area (Å²) in [5.74, 6) is -0.0796. The molecule has 0 radical (unpaired) electrons. The molecule has 0 saturated carbocycles. The fourth-order valence-corrected chi connectivity index (χ4v) is 2.57. The van der Waals surface area contributed by atoms with Crippen LogP contribution < -0.4 is 10.5 Å². The lowest BCUT2D eigenvalue weighted by Gasteiger charge is -2.06. The van der Waals surface area contributed by atoms with Gasteiger partial charge in [-0.15, -0.1) is 0 Å². The average molecular weight is 288 g/mol. The summed E-state index contributed by atoms with van der Waals surface area (Å²) < 4.78 is 23.0. The van der Waals surface area contributed by atoms with Crippen LogP contribution in [0, 0.1) is 5.92 Å². The monoisotopic (exact) mass is 288 g/mol. The second-order valence-electron chi connectivity index (χ2n) is 4.72. The van der Waals surface area contributed by atoms with Crippen molar-refractivity contribution in [1.82, 2.24) is 15.5 Å². The average Bonchev–Trinajstić information content (AvgIpc) is 2.71. The molecule has 0 bridgehead atoms. The highest BCUT2D eigenvalue weighted by Gasteiger charge is 2.26. The molecule has 0 atom stereocenters. The summed E-state index contributed by atoms with van der Waals surface area (Å²) in [5.41, 5.74) is 0.180. The van der Waals surface area contributed by atoms with Gasteiger partial charge in [-0.25, -0.2) is 13.6 Å². The molecule has 1 heterocycles. The second kappa shape index (κ2) is 6.16. The smallest absolute Gasteiger partial charge is 0.273 e. The van der Waals surface area contributed by atoms with Crippen molar-refractivity contribution in [2.24, 2.45) is 11.1 Å². The van der Waals surface area contributed by atoms with Gasteiger partial charge in [0.05, 0.1) is 5.69 Å². The van der Waals surface area contributed by atoms with E-state index in [9.17, 15) is 13.2 Å². The lowest BCUT2D eigenvalue weighted by atomic mass is 10.1. The van der Waals surface area contributed by atoms with Gasteiger partial charge in [0.15, 0.2) is 5.69 Å². The number of carbonyl (C=O) groups excluding carboxylic acids is 1. The zero-order chi connectivity index (χ0) is 14.6. The molecule has 1 amide bonds. The largest absolute Gasteiger partial charge is 0.351 e. The van der Waals surface area contributed by atoms with Gasteiger partial charge in [-0.3, -0.25) is 9.89 Å². The Morgan fingerprint density at radius 3 is 2.58 bits per heavy atom. The molecule has 0 aliphatic carbocycles. The Bertz CT molecular complexity index is 548. The minimum atomic E-state index is -3.97. The molecular weight excluding hydrogens is 268 g/mol. The number of hydrogen-bond acceptors (Lipinski definition) is 4. The molecule has 0 aliphatic rings. The van der Waals surface area contributed by atoms with Crippen molar-refractivity contribution >= 4 is 15.9 Å². The van der Waals surface area contributed by atoms with E-state index in [0.29, 0.717) is 24.6 Å². The first kappa shape index (κ1) is 15.6. The Kier molecular flexibility index (Phi) is 5.07. The van der Waals surface area contributed by atoms with E-state index in [2.05, 4.69) is 15.5 Å². The Morgan fingerprint density at radius 2 is 2.11 bits per heavy atom. The third-order valence-corrected chi connectivity index (χ3v) is 3.66. The predicted octanol–water partition coefficient (Wildman–Crippen LogP) is 0.395. The van der Waals surface area contributed by atoms with Gasteiger partial charge in [-0.05, 0) is 18.8 Å². The number of aromatic amines is 1. The second-order valence-corrected chi connectivity index (χ2v) is 6.22. The fraction of sp³-hybridized carbons (Fsp3) is 0.636. The van der Waals surface area contributed by atoms with Gasteiger partial charge in [0, 0.05) is 6.54 Å². The number of nitrogens with two attached hydrogens (primary N) is 1. The standard InChI is InChI=1S/C11H20N4O3S/c1-4-8-10(19(12,17)18)9(15-14-8)11(16)13-6-5-7(2)3/h7H,4-6H2,1-3H3,(H,13,16)(H,14,15)(H2,12,17,18). The van der Waals surface area contributed by atoms with Crippen LogP contribution in [0.1, 0.15) is 43.4 Å². The normalized spacial score (nSPS) is 11.8. The van der Waals surface area contributed by atoms with E-state index < -0.39 is 15.9 Å². The highest BCUT2D eigenvalue weighted by molar-refractivity contribution is 7.89. The third-order valence-electron chi connectivity index (χ3n) is 2.65. The van der Waals surface area contributed by atoms with Gasteiger partial charge in [-0.1, -0.05) is 20.8 Å². The van der Waals surface area contributed by atoms with Crippen molar-refractivity contribution in [2.45, 2.75) is 38.5 Å². The zero-order valence-corrected chi connectivity index (χ0v) is 12.2. The van der Waals surface area contributed by atoms with E-state index in [-0.39, 0.29) is 10.6 Å². The maximum Gasteiger partial charge on any atom is 0.273 e. The molecule has 0 aliphatic heterocycles. The Hall–Kier alpha value is -1.41. The number of H-pyrrole nitrogens is 1. The number of aryl methyl sites for hydroxylation is 1. The third kappa shape index (κ3) is 4.03. The maximum atomic E-state index is 11.9. The summed E-state index contributed by atoms with van der Waals surface area (Å²) in [6, 6.07) is 0. The molecule has 1 aromatic rings. The van der Waals surface area contributed by atoms with E-state index in [4.69, 9.17) is 5.14 Å². The summed E-state index contributed by atoms with van der Waals surface area (Å²) in [6.45, 7) is 6.29. The van der Waals surface area contributed by atoms with Crippen LogP contribution >= 0.6 is 0 Å². The number of nitrogens with zero attached hydrogens (tertiary/aromatic N) is 1. The molecular formula is C11H20N4O3S. The van der Waals surface area contributed by atoms with Gasteiger partial charge in [0.2, 0.25) is 10.0 Å². The number of amides is 1. The predicted molar refractivity (Wildman–Crippen MR) is 71.1 cm³/mol. The first-order valence-corrected chi connectivity index (χ1v) is 7.70. The van der Waals surface area contributed by atoms with Crippen LogP contribution in [0.3, 0.4) is 0 Å². The van der Waals surface area contributed by atoms with Crippen molar-refractivity contribution in [3.63, 3.8) is 0 Å². The van der Waals surface area contributed by atoms with Crippen molar-refractivity contribution in [2.75, 3.05) is 6.54 Å². The fourth-order valence-electron chi connectivity index (χ4n) is 1.63. The van der Waals surface area contributed by atoms with Gasteiger partial charge in [-0.2, -0.15) is 5.10 Å². The number of nitrogens with one attached hydrogen (secondary N) is 2. The van der Waals surface area contributed by atoms with Crippen LogP contribution in [0.15, 0.2) is 4.90 Å². The Balaban J connectivity index is 2.95. The quantitative estimate of drug-likeness (QED) is 0.702. The van der Waals surface area contributed by atoms with Crippen molar-refractivity contribution in [3.8, 4) is 0 Å². The van der Waals surface area contributed by atoms with E-state index >= 15 is 0 Å². The molecule has 0 spiro atoms. The van der Waals surface area contributed by atoms with Crippen LogP contribution in [0.5, 0.6) is 0 Å². The van der Waals surface area contributed by atoms with Crippen LogP contribution in [-0.4, -0.2) is 31.1 Å². The SMILES string of the molecule is CCc1[nH]nc(C(=O)NCCC(C)C)c1S(N)(=O)=O. The van der Waals surface area contributed by atoms with Gasteiger partial charge >= 0.3 is 0 Å². The molecule has 19 heavy (non-hydrogen) atoms. The molecule has 0 unspecified atom stereocenters. The molecule has 1 aromatic heterocycles. The summed E-state index contributed by atoms with van der Waals surface area (Å²) in [4.78, 5) is 11.7. The van der Waals surface area contributed by atoms with Crippen molar-refractivity contribution < 1.29 is 13.2 Å². The topological polar surface area (TPSA) is 118 Å². The number of sulfonamides is 1. The minimum absolute atomic E-state index is 0.164. The van der Waals surface area contributed by atoms with Crippen LogP contribution in [-0.2, 0) is 16.4 Å². The van der Waals surface area contributed by atoms with Crippen LogP contribution in [0.4, 0.5) is 0 Å². The lowest BCUT2D eigenvalue weighted by Crippen LogP contribution is -2.28. The molecule has 0 saturated heterocycles. The number of hydrogen-bond donors (Lipinski definition) is 3. The van der Waals surface area contributed by atoms with E-state index in [1.54, 1.807) is 6.92 Å². The first-order chi connectivity index (χ1) is 8.77. The summed E-state index contributed by atoms with van der Waals surface area (Å²) >= 11 is 0. The van der Waals surface area contributed by atoms with E-state index in [1.807, 2.05) is 13.8 Å². The Morgan fingerprint density at radius 1 is 1.47 bits per heavy atom. The molecule has 0 aromatic carbocycles. The van der Waals surface area contributed by atoms with E-state index in [1.165, 1.54) is 0 Å².